The average Bonchev–Trinajstić information content (AvgIpc) is 2.36. The lowest BCUT2D eigenvalue weighted by molar-refractivity contribution is -0.134. The Balaban J connectivity index is 2.21. The third-order valence-electron chi connectivity index (χ3n) is 3.20. The summed E-state index contributed by atoms with van der Waals surface area (Å²) in [5.41, 5.74) is 0. The third kappa shape index (κ3) is 5.17. The second-order valence-electron chi connectivity index (χ2n) is 4.61. The molecule has 5 nitrogen and oxygen atoms in total. The Morgan fingerprint density at radius 2 is 2.18 bits per heavy atom. The standard InChI is InChI=1S/C12H23N3O2/c1-13-11(16)9-15(2)12(17)7-6-10-5-3-4-8-14-10/h10,14H,3-9H2,1-2H3,(H,13,16). The number of nitrogens with zero attached hydrogens (tertiary/aromatic N) is 1. The van der Waals surface area contributed by atoms with Crippen LogP contribution in [0.2, 0.25) is 0 Å². The van der Waals surface area contributed by atoms with Gasteiger partial charge in [-0.3, -0.25) is 9.59 Å². The van der Waals surface area contributed by atoms with E-state index in [1.54, 1.807) is 14.1 Å². The molecule has 1 atom stereocenters. The Hall–Kier alpha value is -1.10. The number of amides is 2. The molecule has 0 aromatic carbocycles. The van der Waals surface area contributed by atoms with E-state index in [1.165, 1.54) is 17.7 Å². The van der Waals surface area contributed by atoms with E-state index in [4.69, 9.17) is 0 Å². The highest BCUT2D eigenvalue weighted by atomic mass is 16.2. The first-order valence-corrected chi connectivity index (χ1v) is 6.31. The summed E-state index contributed by atoms with van der Waals surface area (Å²) < 4.78 is 0. The van der Waals surface area contributed by atoms with Gasteiger partial charge in [0.1, 0.15) is 0 Å². The van der Waals surface area contributed by atoms with Crippen molar-refractivity contribution < 1.29 is 9.59 Å². The molecular formula is C12H23N3O2. The molecule has 2 N–H and O–H groups in total. The van der Waals surface area contributed by atoms with Gasteiger partial charge >= 0.3 is 0 Å². The van der Waals surface area contributed by atoms with Gasteiger partial charge in [0.25, 0.3) is 0 Å². The maximum atomic E-state index is 11.8. The maximum absolute atomic E-state index is 11.8. The van der Waals surface area contributed by atoms with Crippen LogP contribution in [0.25, 0.3) is 0 Å². The molecule has 1 aliphatic heterocycles. The lowest BCUT2D eigenvalue weighted by atomic mass is 10.0. The zero-order valence-corrected chi connectivity index (χ0v) is 10.8. The van der Waals surface area contributed by atoms with E-state index < -0.39 is 0 Å². The van der Waals surface area contributed by atoms with Crippen LogP contribution in [0, 0.1) is 0 Å². The van der Waals surface area contributed by atoms with E-state index in [-0.39, 0.29) is 18.4 Å². The molecule has 1 saturated heterocycles. The van der Waals surface area contributed by atoms with Crippen LogP contribution in [-0.2, 0) is 9.59 Å². The van der Waals surface area contributed by atoms with Crippen LogP contribution in [0.5, 0.6) is 0 Å². The molecule has 1 aliphatic rings. The van der Waals surface area contributed by atoms with Crippen molar-refractivity contribution in [2.24, 2.45) is 0 Å². The Morgan fingerprint density at radius 1 is 1.41 bits per heavy atom. The SMILES string of the molecule is CNC(=O)CN(C)C(=O)CCC1CCCCN1. The molecule has 2 amide bonds. The molecule has 98 valence electrons. The van der Waals surface area contributed by atoms with Crippen molar-refractivity contribution in [2.75, 3.05) is 27.2 Å². The van der Waals surface area contributed by atoms with Crippen molar-refractivity contribution in [3.8, 4) is 0 Å². The van der Waals surface area contributed by atoms with Gasteiger partial charge in [0.05, 0.1) is 6.54 Å². The van der Waals surface area contributed by atoms with Crippen molar-refractivity contribution in [3.63, 3.8) is 0 Å². The molecule has 5 heteroatoms. The molecule has 1 rings (SSSR count). The highest BCUT2D eigenvalue weighted by Crippen LogP contribution is 2.12. The van der Waals surface area contributed by atoms with Crippen molar-refractivity contribution >= 4 is 11.8 Å². The van der Waals surface area contributed by atoms with Crippen LogP contribution in [-0.4, -0.2) is 49.9 Å². The smallest absolute Gasteiger partial charge is 0.239 e. The molecule has 17 heavy (non-hydrogen) atoms. The van der Waals surface area contributed by atoms with Crippen molar-refractivity contribution in [1.29, 1.82) is 0 Å². The highest BCUT2D eigenvalue weighted by Gasteiger charge is 2.16. The number of carbonyl (C=O) groups excluding carboxylic acids is 2. The minimum absolute atomic E-state index is 0.0426. The third-order valence-corrected chi connectivity index (χ3v) is 3.20. The van der Waals surface area contributed by atoms with Crippen molar-refractivity contribution in [2.45, 2.75) is 38.1 Å². The van der Waals surface area contributed by atoms with Gasteiger partial charge < -0.3 is 15.5 Å². The van der Waals surface area contributed by atoms with Crippen LogP contribution in [0.4, 0.5) is 0 Å². The van der Waals surface area contributed by atoms with E-state index in [0.29, 0.717) is 12.5 Å². The van der Waals surface area contributed by atoms with Crippen molar-refractivity contribution in [1.82, 2.24) is 15.5 Å². The van der Waals surface area contributed by atoms with Gasteiger partial charge in [-0.2, -0.15) is 0 Å². The molecule has 0 spiro atoms. The molecule has 0 saturated carbocycles. The number of hydrogen-bond donors (Lipinski definition) is 2. The topological polar surface area (TPSA) is 61.4 Å². The van der Waals surface area contributed by atoms with Crippen LogP contribution >= 0.6 is 0 Å². The molecule has 1 heterocycles. The minimum atomic E-state index is -0.128. The van der Waals surface area contributed by atoms with Gasteiger partial charge in [-0.15, -0.1) is 0 Å². The van der Waals surface area contributed by atoms with Gasteiger partial charge in [-0.1, -0.05) is 6.42 Å². The van der Waals surface area contributed by atoms with Crippen LogP contribution in [0.3, 0.4) is 0 Å². The first kappa shape index (κ1) is 14.0. The van der Waals surface area contributed by atoms with E-state index >= 15 is 0 Å². The Morgan fingerprint density at radius 3 is 2.76 bits per heavy atom. The first-order chi connectivity index (χ1) is 8.13. The van der Waals surface area contributed by atoms with Gasteiger partial charge in [0.2, 0.25) is 11.8 Å². The summed E-state index contributed by atoms with van der Waals surface area (Å²) in [5.74, 6) is -0.0855. The summed E-state index contributed by atoms with van der Waals surface area (Å²) in [6.45, 7) is 1.21. The summed E-state index contributed by atoms with van der Waals surface area (Å²) in [4.78, 5) is 24.4. The molecule has 0 aliphatic carbocycles. The van der Waals surface area contributed by atoms with Crippen molar-refractivity contribution in [3.05, 3.63) is 0 Å². The predicted molar refractivity (Wildman–Crippen MR) is 66.6 cm³/mol. The monoisotopic (exact) mass is 241 g/mol. The molecule has 0 bridgehead atoms. The van der Waals surface area contributed by atoms with Gasteiger partial charge in [0, 0.05) is 26.6 Å². The van der Waals surface area contributed by atoms with E-state index in [0.717, 1.165) is 19.4 Å². The summed E-state index contributed by atoms with van der Waals surface area (Å²) in [5, 5.41) is 5.93. The normalized spacial score (nSPS) is 19.8. The van der Waals surface area contributed by atoms with Gasteiger partial charge in [-0.05, 0) is 25.8 Å². The van der Waals surface area contributed by atoms with Crippen LogP contribution < -0.4 is 10.6 Å². The number of nitrogens with one attached hydrogen (secondary N) is 2. The molecule has 0 aromatic rings. The fraction of sp³-hybridized carbons (Fsp3) is 0.833. The number of hydrogen-bond acceptors (Lipinski definition) is 3. The second-order valence-corrected chi connectivity index (χ2v) is 4.61. The summed E-state index contributed by atoms with van der Waals surface area (Å²) in [6.07, 6.45) is 5.04. The lowest BCUT2D eigenvalue weighted by Crippen LogP contribution is -2.38. The van der Waals surface area contributed by atoms with E-state index in [9.17, 15) is 9.59 Å². The maximum Gasteiger partial charge on any atom is 0.239 e. The average molecular weight is 241 g/mol. The van der Waals surface area contributed by atoms with Gasteiger partial charge in [0.15, 0.2) is 0 Å². The van der Waals surface area contributed by atoms with E-state index in [2.05, 4.69) is 10.6 Å². The highest BCUT2D eigenvalue weighted by molar-refractivity contribution is 5.84. The largest absolute Gasteiger partial charge is 0.358 e. The summed E-state index contributed by atoms with van der Waals surface area (Å²) in [7, 11) is 3.25. The minimum Gasteiger partial charge on any atom is -0.358 e. The number of carbonyl (C=O) groups is 2. The zero-order valence-electron chi connectivity index (χ0n) is 10.8. The Bertz CT molecular complexity index is 262. The van der Waals surface area contributed by atoms with Crippen LogP contribution in [0.15, 0.2) is 0 Å². The summed E-state index contributed by atoms with van der Waals surface area (Å²) in [6, 6.07) is 0.473. The van der Waals surface area contributed by atoms with Crippen LogP contribution in [0.1, 0.15) is 32.1 Å². The fourth-order valence-corrected chi connectivity index (χ4v) is 2.04. The first-order valence-electron chi connectivity index (χ1n) is 6.31. The molecular weight excluding hydrogens is 218 g/mol. The molecule has 0 aromatic heterocycles. The van der Waals surface area contributed by atoms with E-state index in [1.807, 2.05) is 0 Å². The number of piperidine rings is 1. The second kappa shape index (κ2) is 7.27. The molecule has 1 unspecified atom stereocenters. The molecule has 0 radical (unpaired) electrons. The zero-order chi connectivity index (χ0) is 12.7. The summed E-state index contributed by atoms with van der Waals surface area (Å²) >= 11 is 0. The lowest BCUT2D eigenvalue weighted by Gasteiger charge is -2.24. The predicted octanol–water partition coefficient (Wildman–Crippen LogP) is 0.113. The Labute approximate surface area is 103 Å². The van der Waals surface area contributed by atoms with Gasteiger partial charge in [-0.25, -0.2) is 0 Å². The number of likely N-dealkylation sites (N-methyl/N-ethyl adjacent to an activating group) is 2. The Kier molecular flexibility index (Phi) is 5.97. The molecule has 1 fully saturated rings. The quantitative estimate of drug-likeness (QED) is 0.718. The fourth-order valence-electron chi connectivity index (χ4n) is 2.04. The number of rotatable bonds is 5.